The first-order chi connectivity index (χ1) is 11.5. The number of para-hydroxylation sites is 3. The lowest BCUT2D eigenvalue weighted by Crippen LogP contribution is -2.16. The Morgan fingerprint density at radius 3 is 2.54 bits per heavy atom. The van der Waals surface area contributed by atoms with Crippen LogP contribution < -0.4 is 5.32 Å². The Bertz CT molecular complexity index is 884. The highest BCUT2D eigenvalue weighted by Gasteiger charge is 2.12. The smallest absolute Gasteiger partial charge is 0.228 e. The highest BCUT2D eigenvalue weighted by atomic mass is 16.3. The highest BCUT2D eigenvalue weighted by molar-refractivity contribution is 5.94. The monoisotopic (exact) mass is 321 g/mol. The van der Waals surface area contributed by atoms with Gasteiger partial charge in [-0.25, -0.2) is 4.68 Å². The molecule has 0 aliphatic heterocycles. The fraction of sp³-hybridized carbons (Fsp3) is 0.158. The Morgan fingerprint density at radius 1 is 1.12 bits per heavy atom. The standard InChI is InChI=1S/C19H19N3O2/c1-13-11-14(2)22(21-13)17-9-5-4-8-16(17)20-19(24)12-15-7-3-6-10-18(15)23/h3-11,23H,12H2,1-2H3,(H,20,24). The Kier molecular flexibility index (Phi) is 4.33. The molecule has 3 rings (SSSR count). The van der Waals surface area contributed by atoms with Crippen LogP contribution in [0.15, 0.2) is 54.6 Å². The molecule has 0 saturated carbocycles. The van der Waals surface area contributed by atoms with Crippen molar-refractivity contribution in [1.29, 1.82) is 0 Å². The third-order valence-electron chi connectivity index (χ3n) is 3.76. The lowest BCUT2D eigenvalue weighted by atomic mass is 10.1. The van der Waals surface area contributed by atoms with Crippen molar-refractivity contribution in [3.05, 3.63) is 71.5 Å². The maximum absolute atomic E-state index is 12.4. The van der Waals surface area contributed by atoms with Gasteiger partial charge in [-0.1, -0.05) is 30.3 Å². The molecule has 0 unspecified atom stereocenters. The molecular formula is C19H19N3O2. The van der Waals surface area contributed by atoms with E-state index in [4.69, 9.17) is 0 Å². The number of carbonyl (C=O) groups is 1. The zero-order valence-electron chi connectivity index (χ0n) is 13.7. The summed E-state index contributed by atoms with van der Waals surface area (Å²) in [5.74, 6) is -0.0649. The highest BCUT2D eigenvalue weighted by Crippen LogP contribution is 2.22. The van der Waals surface area contributed by atoms with E-state index in [1.807, 2.05) is 48.9 Å². The number of phenolic OH excluding ortho intramolecular Hbond substituents is 1. The quantitative estimate of drug-likeness (QED) is 0.774. The first-order valence-corrected chi connectivity index (χ1v) is 7.74. The molecule has 2 N–H and O–H groups in total. The van der Waals surface area contributed by atoms with E-state index in [1.54, 1.807) is 24.3 Å². The molecule has 5 nitrogen and oxygen atoms in total. The van der Waals surface area contributed by atoms with Crippen LogP contribution in [-0.4, -0.2) is 20.8 Å². The van der Waals surface area contributed by atoms with Gasteiger partial charge < -0.3 is 10.4 Å². The second kappa shape index (κ2) is 6.58. The van der Waals surface area contributed by atoms with Crippen molar-refractivity contribution in [2.24, 2.45) is 0 Å². The number of nitrogens with zero attached hydrogens (tertiary/aromatic N) is 2. The van der Waals surface area contributed by atoms with Crippen LogP contribution in [0.1, 0.15) is 17.0 Å². The third-order valence-corrected chi connectivity index (χ3v) is 3.76. The van der Waals surface area contributed by atoms with Gasteiger partial charge in [-0.15, -0.1) is 0 Å². The average molecular weight is 321 g/mol. The van der Waals surface area contributed by atoms with E-state index in [0.717, 1.165) is 17.1 Å². The van der Waals surface area contributed by atoms with Gasteiger partial charge in [-0.2, -0.15) is 5.10 Å². The van der Waals surface area contributed by atoms with E-state index in [-0.39, 0.29) is 18.1 Å². The number of rotatable bonds is 4. The van der Waals surface area contributed by atoms with Crippen molar-refractivity contribution in [1.82, 2.24) is 9.78 Å². The second-order valence-corrected chi connectivity index (χ2v) is 5.71. The first-order valence-electron chi connectivity index (χ1n) is 7.74. The molecule has 2 aromatic carbocycles. The molecule has 0 aliphatic carbocycles. The number of aromatic hydroxyl groups is 1. The molecule has 5 heteroatoms. The van der Waals surface area contributed by atoms with Gasteiger partial charge in [0, 0.05) is 11.3 Å². The Hall–Kier alpha value is -3.08. The van der Waals surface area contributed by atoms with E-state index in [2.05, 4.69) is 10.4 Å². The maximum atomic E-state index is 12.4. The topological polar surface area (TPSA) is 67.2 Å². The number of nitrogens with one attached hydrogen (secondary N) is 1. The Morgan fingerprint density at radius 2 is 1.83 bits per heavy atom. The van der Waals surface area contributed by atoms with E-state index < -0.39 is 0 Å². The lowest BCUT2D eigenvalue weighted by molar-refractivity contribution is -0.115. The Labute approximate surface area is 140 Å². The molecule has 0 aliphatic rings. The number of hydrogen-bond donors (Lipinski definition) is 2. The third kappa shape index (κ3) is 3.30. The fourth-order valence-electron chi connectivity index (χ4n) is 2.66. The molecule has 0 bridgehead atoms. The van der Waals surface area contributed by atoms with Crippen molar-refractivity contribution in [2.45, 2.75) is 20.3 Å². The molecule has 0 fully saturated rings. The summed E-state index contributed by atoms with van der Waals surface area (Å²) in [7, 11) is 0. The van der Waals surface area contributed by atoms with Gasteiger partial charge in [-0.05, 0) is 38.1 Å². The summed E-state index contributed by atoms with van der Waals surface area (Å²) in [5.41, 5.74) is 4.01. The summed E-state index contributed by atoms with van der Waals surface area (Å²) >= 11 is 0. The zero-order valence-corrected chi connectivity index (χ0v) is 13.7. The van der Waals surface area contributed by atoms with Gasteiger partial charge in [0.1, 0.15) is 5.75 Å². The van der Waals surface area contributed by atoms with Gasteiger partial charge in [0.05, 0.1) is 23.5 Å². The molecule has 1 aromatic heterocycles. The lowest BCUT2D eigenvalue weighted by Gasteiger charge is -2.12. The van der Waals surface area contributed by atoms with Crippen molar-refractivity contribution >= 4 is 11.6 Å². The van der Waals surface area contributed by atoms with E-state index in [0.29, 0.717) is 11.3 Å². The number of hydrogen-bond acceptors (Lipinski definition) is 3. The minimum atomic E-state index is -0.189. The summed E-state index contributed by atoms with van der Waals surface area (Å²) < 4.78 is 1.81. The molecule has 3 aromatic rings. The van der Waals surface area contributed by atoms with Gasteiger partial charge >= 0.3 is 0 Å². The molecule has 1 amide bonds. The maximum Gasteiger partial charge on any atom is 0.228 e. The van der Waals surface area contributed by atoms with Gasteiger partial charge in [0.2, 0.25) is 5.91 Å². The summed E-state index contributed by atoms with van der Waals surface area (Å²) in [6.45, 7) is 3.91. The minimum Gasteiger partial charge on any atom is -0.508 e. The number of phenols is 1. The molecule has 24 heavy (non-hydrogen) atoms. The predicted molar refractivity (Wildman–Crippen MR) is 93.5 cm³/mol. The van der Waals surface area contributed by atoms with Crippen molar-refractivity contribution in [3.63, 3.8) is 0 Å². The normalized spacial score (nSPS) is 10.6. The van der Waals surface area contributed by atoms with Crippen molar-refractivity contribution in [2.75, 3.05) is 5.32 Å². The van der Waals surface area contributed by atoms with Gasteiger partial charge in [0.25, 0.3) is 0 Å². The van der Waals surface area contributed by atoms with E-state index in [9.17, 15) is 9.90 Å². The van der Waals surface area contributed by atoms with Crippen LogP contribution in [-0.2, 0) is 11.2 Å². The summed E-state index contributed by atoms with van der Waals surface area (Å²) in [6, 6.07) is 16.4. The Balaban J connectivity index is 1.85. The number of aryl methyl sites for hydroxylation is 2. The summed E-state index contributed by atoms with van der Waals surface area (Å²) in [5, 5.41) is 17.2. The summed E-state index contributed by atoms with van der Waals surface area (Å²) in [6.07, 6.45) is 0.109. The number of amides is 1. The van der Waals surface area contributed by atoms with Crippen LogP contribution in [0.3, 0.4) is 0 Å². The zero-order chi connectivity index (χ0) is 17.1. The van der Waals surface area contributed by atoms with Gasteiger partial charge in [-0.3, -0.25) is 4.79 Å². The first kappa shape index (κ1) is 15.8. The van der Waals surface area contributed by atoms with E-state index in [1.165, 1.54) is 0 Å². The summed E-state index contributed by atoms with van der Waals surface area (Å²) in [4.78, 5) is 12.4. The molecule has 122 valence electrons. The number of benzene rings is 2. The van der Waals surface area contributed by atoms with Crippen molar-refractivity contribution < 1.29 is 9.90 Å². The number of carbonyl (C=O) groups excluding carboxylic acids is 1. The largest absolute Gasteiger partial charge is 0.508 e. The fourth-order valence-corrected chi connectivity index (χ4v) is 2.66. The molecule has 1 heterocycles. The molecule has 0 radical (unpaired) electrons. The van der Waals surface area contributed by atoms with E-state index >= 15 is 0 Å². The average Bonchev–Trinajstić information content (AvgIpc) is 2.88. The van der Waals surface area contributed by atoms with Crippen LogP contribution in [0.2, 0.25) is 0 Å². The number of anilines is 1. The van der Waals surface area contributed by atoms with Crippen LogP contribution in [0.5, 0.6) is 5.75 Å². The van der Waals surface area contributed by atoms with Crippen LogP contribution >= 0.6 is 0 Å². The number of aromatic nitrogens is 2. The van der Waals surface area contributed by atoms with Crippen LogP contribution in [0, 0.1) is 13.8 Å². The molecule has 0 spiro atoms. The second-order valence-electron chi connectivity index (χ2n) is 5.71. The van der Waals surface area contributed by atoms with Crippen molar-refractivity contribution in [3.8, 4) is 11.4 Å². The van der Waals surface area contributed by atoms with Gasteiger partial charge in [0.15, 0.2) is 0 Å². The predicted octanol–water partition coefficient (Wildman–Crippen LogP) is 3.38. The SMILES string of the molecule is Cc1cc(C)n(-c2ccccc2NC(=O)Cc2ccccc2O)n1. The molecule has 0 saturated heterocycles. The molecular weight excluding hydrogens is 302 g/mol. The minimum absolute atomic E-state index is 0.109. The van der Waals surface area contributed by atoms with Crippen LogP contribution in [0.25, 0.3) is 5.69 Å². The van der Waals surface area contributed by atoms with Crippen LogP contribution in [0.4, 0.5) is 5.69 Å². The molecule has 0 atom stereocenters.